The van der Waals surface area contributed by atoms with Crippen LogP contribution in [0.4, 0.5) is 20.7 Å². The third kappa shape index (κ3) is 4.93. The Labute approximate surface area is 157 Å². The van der Waals surface area contributed by atoms with Gasteiger partial charge in [-0.25, -0.2) is 14.2 Å². The normalized spacial score (nSPS) is 14.0. The van der Waals surface area contributed by atoms with E-state index in [4.69, 9.17) is 0 Å². The molecule has 0 radical (unpaired) electrons. The molecule has 142 valence electrons. The number of urea groups is 1. The van der Waals surface area contributed by atoms with Gasteiger partial charge in [0.25, 0.3) is 0 Å². The summed E-state index contributed by atoms with van der Waals surface area (Å²) in [6.07, 6.45) is 1.71. The van der Waals surface area contributed by atoms with Gasteiger partial charge in [-0.15, -0.1) is 0 Å². The van der Waals surface area contributed by atoms with Gasteiger partial charge in [-0.1, -0.05) is 12.1 Å². The molecule has 27 heavy (non-hydrogen) atoms. The van der Waals surface area contributed by atoms with Crippen molar-refractivity contribution in [1.82, 2.24) is 15.2 Å². The van der Waals surface area contributed by atoms with Crippen molar-refractivity contribution < 1.29 is 14.0 Å². The van der Waals surface area contributed by atoms with Gasteiger partial charge in [0.05, 0.1) is 0 Å². The number of nitrogens with zero attached hydrogens (tertiary/aromatic N) is 3. The minimum Gasteiger partial charge on any atom is -0.353 e. The van der Waals surface area contributed by atoms with Crippen LogP contribution in [-0.2, 0) is 11.3 Å². The number of aromatic nitrogens is 1. The summed E-state index contributed by atoms with van der Waals surface area (Å²) < 4.78 is 13.2. The molecule has 3 rings (SSSR count). The molecule has 1 aliphatic heterocycles. The maximum atomic E-state index is 13.2. The molecule has 0 aliphatic carbocycles. The second kappa shape index (κ2) is 8.48. The average molecular weight is 371 g/mol. The summed E-state index contributed by atoms with van der Waals surface area (Å²) in [5.41, 5.74) is 1.27. The summed E-state index contributed by atoms with van der Waals surface area (Å²) in [6.45, 7) is 4.55. The first-order valence-corrected chi connectivity index (χ1v) is 8.77. The molecule has 1 fully saturated rings. The minimum atomic E-state index is -0.420. The van der Waals surface area contributed by atoms with Crippen LogP contribution in [0.3, 0.4) is 0 Å². The third-order valence-electron chi connectivity index (χ3n) is 4.41. The Kier molecular flexibility index (Phi) is 5.85. The third-order valence-corrected chi connectivity index (χ3v) is 4.41. The predicted molar refractivity (Wildman–Crippen MR) is 101 cm³/mol. The van der Waals surface area contributed by atoms with Crippen molar-refractivity contribution in [2.75, 3.05) is 36.4 Å². The molecule has 0 atom stereocenters. The number of carbonyl (C=O) groups is 2. The molecule has 7 nitrogen and oxygen atoms in total. The lowest BCUT2D eigenvalue weighted by Gasteiger charge is -2.35. The van der Waals surface area contributed by atoms with Crippen molar-refractivity contribution in [3.05, 3.63) is 54.0 Å². The Balaban J connectivity index is 1.59. The molecule has 0 bridgehead atoms. The highest BCUT2D eigenvalue weighted by atomic mass is 19.1. The zero-order chi connectivity index (χ0) is 19.2. The number of halogens is 1. The summed E-state index contributed by atoms with van der Waals surface area (Å²) >= 11 is 0. The lowest BCUT2D eigenvalue weighted by molar-refractivity contribution is -0.129. The average Bonchev–Trinajstić information content (AvgIpc) is 2.67. The van der Waals surface area contributed by atoms with E-state index >= 15 is 0 Å². The molecule has 2 N–H and O–H groups in total. The first-order chi connectivity index (χ1) is 13.0. The zero-order valence-electron chi connectivity index (χ0n) is 15.1. The number of pyridine rings is 1. The van der Waals surface area contributed by atoms with Crippen LogP contribution in [0, 0.1) is 5.82 Å². The molecule has 1 saturated heterocycles. The van der Waals surface area contributed by atoms with Crippen molar-refractivity contribution in [3.8, 4) is 0 Å². The smallest absolute Gasteiger partial charge is 0.319 e. The number of anilines is 2. The fraction of sp³-hybridized carbons (Fsp3) is 0.316. The van der Waals surface area contributed by atoms with E-state index in [2.05, 4.69) is 20.5 Å². The molecule has 0 spiro atoms. The number of hydrogen-bond acceptors (Lipinski definition) is 4. The van der Waals surface area contributed by atoms with Crippen molar-refractivity contribution in [3.63, 3.8) is 0 Å². The second-order valence-electron chi connectivity index (χ2n) is 6.30. The van der Waals surface area contributed by atoms with Crippen molar-refractivity contribution >= 4 is 23.4 Å². The Morgan fingerprint density at radius 3 is 2.63 bits per heavy atom. The molecule has 3 amide bonds. The standard InChI is InChI=1S/C19H22FN5O2/c1-14(26)24-8-10-25(11-9-24)18-15(4-3-7-21-18)13-22-19(27)23-17-6-2-5-16(20)12-17/h2-7,12H,8-11,13H2,1H3,(H2,22,23,27). The molecule has 0 unspecified atom stereocenters. The molecule has 0 saturated carbocycles. The maximum Gasteiger partial charge on any atom is 0.319 e. The molecule has 2 aromatic rings. The highest BCUT2D eigenvalue weighted by molar-refractivity contribution is 5.89. The van der Waals surface area contributed by atoms with Crippen molar-refractivity contribution in [2.24, 2.45) is 0 Å². The maximum absolute atomic E-state index is 13.2. The van der Waals surface area contributed by atoms with E-state index in [1.54, 1.807) is 19.2 Å². The Morgan fingerprint density at radius 1 is 1.15 bits per heavy atom. The summed E-state index contributed by atoms with van der Waals surface area (Å²) in [6, 6.07) is 9.02. The van der Waals surface area contributed by atoms with Crippen LogP contribution in [0.1, 0.15) is 12.5 Å². The van der Waals surface area contributed by atoms with Gasteiger partial charge in [0.1, 0.15) is 11.6 Å². The molecular formula is C19H22FN5O2. The summed E-state index contributed by atoms with van der Waals surface area (Å²) in [5.74, 6) is 0.463. The number of rotatable bonds is 4. The van der Waals surface area contributed by atoms with E-state index in [0.29, 0.717) is 31.9 Å². The predicted octanol–water partition coefficient (Wildman–Crippen LogP) is 2.21. The van der Waals surface area contributed by atoms with Gasteiger partial charge >= 0.3 is 6.03 Å². The van der Waals surface area contributed by atoms with Gasteiger partial charge < -0.3 is 20.4 Å². The van der Waals surface area contributed by atoms with E-state index < -0.39 is 11.8 Å². The van der Waals surface area contributed by atoms with Gasteiger partial charge in [0.15, 0.2) is 0 Å². The topological polar surface area (TPSA) is 77.6 Å². The number of piperazine rings is 1. The number of carbonyl (C=O) groups excluding carboxylic acids is 2. The van der Waals surface area contributed by atoms with Gasteiger partial charge in [-0.05, 0) is 24.3 Å². The summed E-state index contributed by atoms with van der Waals surface area (Å²) in [5, 5.41) is 5.37. The van der Waals surface area contributed by atoms with Crippen LogP contribution in [0.25, 0.3) is 0 Å². The van der Waals surface area contributed by atoms with Crippen LogP contribution in [-0.4, -0.2) is 48.0 Å². The number of benzene rings is 1. The Morgan fingerprint density at radius 2 is 1.93 bits per heavy atom. The molecular weight excluding hydrogens is 349 g/mol. The molecule has 1 aliphatic rings. The van der Waals surface area contributed by atoms with E-state index in [-0.39, 0.29) is 12.5 Å². The number of amides is 3. The van der Waals surface area contributed by atoms with Crippen molar-refractivity contribution in [2.45, 2.75) is 13.5 Å². The highest BCUT2D eigenvalue weighted by Gasteiger charge is 2.21. The molecule has 8 heteroatoms. The van der Waals surface area contributed by atoms with Gasteiger partial charge in [0, 0.05) is 57.1 Å². The van der Waals surface area contributed by atoms with Crippen LogP contribution in [0.5, 0.6) is 0 Å². The number of hydrogen-bond donors (Lipinski definition) is 2. The van der Waals surface area contributed by atoms with Gasteiger partial charge in [0.2, 0.25) is 5.91 Å². The fourth-order valence-electron chi connectivity index (χ4n) is 3.00. The fourth-order valence-corrected chi connectivity index (χ4v) is 3.00. The van der Waals surface area contributed by atoms with Gasteiger partial charge in [-0.2, -0.15) is 0 Å². The van der Waals surface area contributed by atoms with Gasteiger partial charge in [-0.3, -0.25) is 4.79 Å². The molecule has 1 aromatic carbocycles. The lowest BCUT2D eigenvalue weighted by Crippen LogP contribution is -2.48. The molecule has 2 heterocycles. The Hall–Kier alpha value is -3.16. The monoisotopic (exact) mass is 371 g/mol. The van der Waals surface area contributed by atoms with Crippen LogP contribution in [0.15, 0.2) is 42.6 Å². The lowest BCUT2D eigenvalue weighted by atomic mass is 10.2. The quantitative estimate of drug-likeness (QED) is 0.864. The van der Waals surface area contributed by atoms with Crippen LogP contribution >= 0.6 is 0 Å². The first-order valence-electron chi connectivity index (χ1n) is 8.77. The zero-order valence-corrected chi connectivity index (χ0v) is 15.1. The minimum absolute atomic E-state index is 0.0755. The summed E-state index contributed by atoms with van der Waals surface area (Å²) in [4.78, 5) is 31.9. The second-order valence-corrected chi connectivity index (χ2v) is 6.30. The van der Waals surface area contributed by atoms with E-state index in [0.717, 1.165) is 11.4 Å². The van der Waals surface area contributed by atoms with Crippen LogP contribution < -0.4 is 15.5 Å². The molecule has 1 aromatic heterocycles. The first kappa shape index (κ1) is 18.6. The summed E-state index contributed by atoms with van der Waals surface area (Å²) in [7, 11) is 0. The van der Waals surface area contributed by atoms with E-state index in [1.165, 1.54) is 18.2 Å². The highest BCUT2D eigenvalue weighted by Crippen LogP contribution is 2.19. The van der Waals surface area contributed by atoms with Crippen LogP contribution in [0.2, 0.25) is 0 Å². The largest absolute Gasteiger partial charge is 0.353 e. The SMILES string of the molecule is CC(=O)N1CCN(c2ncccc2CNC(=O)Nc2cccc(F)c2)CC1. The number of nitrogens with one attached hydrogen (secondary N) is 2. The van der Waals surface area contributed by atoms with E-state index in [9.17, 15) is 14.0 Å². The van der Waals surface area contributed by atoms with Crippen molar-refractivity contribution in [1.29, 1.82) is 0 Å². The Bertz CT molecular complexity index is 821. The van der Waals surface area contributed by atoms with E-state index in [1.807, 2.05) is 17.0 Å².